The molecule has 3 rings (SSSR count). The summed E-state index contributed by atoms with van der Waals surface area (Å²) in [6.07, 6.45) is 8.37. The first kappa shape index (κ1) is 12.9. The molecule has 5 atom stereocenters. The van der Waals surface area contributed by atoms with E-state index in [0.717, 1.165) is 42.7 Å². The van der Waals surface area contributed by atoms with Crippen LogP contribution in [0.5, 0.6) is 0 Å². The van der Waals surface area contributed by atoms with Gasteiger partial charge in [0.25, 0.3) is 0 Å². The first-order chi connectivity index (χ1) is 8.61. The van der Waals surface area contributed by atoms with Crippen molar-refractivity contribution in [3.8, 4) is 0 Å². The van der Waals surface area contributed by atoms with E-state index in [1.165, 1.54) is 32.1 Å². The molecular formula is C16H29NO. The molecule has 0 heterocycles. The van der Waals surface area contributed by atoms with Crippen molar-refractivity contribution in [3.63, 3.8) is 0 Å². The molecule has 104 valence electrons. The van der Waals surface area contributed by atoms with Crippen LogP contribution in [-0.4, -0.2) is 24.3 Å². The van der Waals surface area contributed by atoms with Gasteiger partial charge in [-0.15, -0.1) is 0 Å². The van der Waals surface area contributed by atoms with Crippen molar-refractivity contribution in [3.05, 3.63) is 0 Å². The molecule has 0 aromatic carbocycles. The SMILES string of the molecule is CC(C)(CCO)CNC1CC2CC1C1CCCC21. The molecule has 0 spiro atoms. The lowest BCUT2D eigenvalue weighted by atomic mass is 9.78. The third-order valence-electron chi connectivity index (χ3n) is 6.06. The molecule has 2 nitrogen and oxygen atoms in total. The molecule has 2 bridgehead atoms. The van der Waals surface area contributed by atoms with Crippen molar-refractivity contribution in [2.24, 2.45) is 29.1 Å². The van der Waals surface area contributed by atoms with Crippen molar-refractivity contribution < 1.29 is 5.11 Å². The van der Waals surface area contributed by atoms with Crippen molar-refractivity contribution in [2.75, 3.05) is 13.2 Å². The molecule has 5 unspecified atom stereocenters. The number of aliphatic hydroxyl groups is 1. The fraction of sp³-hybridized carbons (Fsp3) is 1.00. The number of nitrogens with one attached hydrogen (secondary N) is 1. The summed E-state index contributed by atoms with van der Waals surface area (Å²) in [5.74, 6) is 4.18. The Labute approximate surface area is 112 Å². The maximum atomic E-state index is 9.09. The maximum absolute atomic E-state index is 9.09. The van der Waals surface area contributed by atoms with E-state index < -0.39 is 0 Å². The zero-order valence-electron chi connectivity index (χ0n) is 12.0. The van der Waals surface area contributed by atoms with Crippen molar-refractivity contribution in [2.45, 2.75) is 58.4 Å². The molecule has 18 heavy (non-hydrogen) atoms. The average molecular weight is 251 g/mol. The van der Waals surface area contributed by atoms with Crippen molar-refractivity contribution in [1.29, 1.82) is 0 Å². The van der Waals surface area contributed by atoms with E-state index in [4.69, 9.17) is 5.11 Å². The minimum absolute atomic E-state index is 0.242. The lowest BCUT2D eigenvalue weighted by Crippen LogP contribution is -2.43. The largest absolute Gasteiger partial charge is 0.396 e. The third-order valence-corrected chi connectivity index (χ3v) is 6.06. The van der Waals surface area contributed by atoms with E-state index in [1.54, 1.807) is 0 Å². The minimum Gasteiger partial charge on any atom is -0.396 e. The summed E-state index contributed by atoms with van der Waals surface area (Å²) in [6.45, 7) is 5.92. The number of rotatable bonds is 5. The van der Waals surface area contributed by atoms with E-state index in [0.29, 0.717) is 6.61 Å². The topological polar surface area (TPSA) is 32.3 Å². The van der Waals surface area contributed by atoms with Crippen LogP contribution in [0.15, 0.2) is 0 Å². The van der Waals surface area contributed by atoms with E-state index in [9.17, 15) is 0 Å². The summed E-state index contributed by atoms with van der Waals surface area (Å²) >= 11 is 0. The van der Waals surface area contributed by atoms with Gasteiger partial charge in [-0.05, 0) is 61.2 Å². The van der Waals surface area contributed by atoms with Gasteiger partial charge in [-0.3, -0.25) is 0 Å². The zero-order chi connectivity index (χ0) is 12.8. The Morgan fingerprint density at radius 2 is 1.89 bits per heavy atom. The molecule has 3 aliphatic rings. The molecular weight excluding hydrogens is 222 g/mol. The molecule has 2 N–H and O–H groups in total. The molecule has 3 aliphatic carbocycles. The van der Waals surface area contributed by atoms with E-state index >= 15 is 0 Å². The summed E-state index contributed by atoms with van der Waals surface area (Å²) in [5.41, 5.74) is 0.242. The predicted molar refractivity (Wildman–Crippen MR) is 74.3 cm³/mol. The van der Waals surface area contributed by atoms with Crippen LogP contribution in [0.4, 0.5) is 0 Å². The normalized spacial score (nSPS) is 42.5. The highest BCUT2D eigenvalue weighted by Crippen LogP contribution is 2.58. The Kier molecular flexibility index (Phi) is 3.44. The van der Waals surface area contributed by atoms with Gasteiger partial charge in [0.2, 0.25) is 0 Å². The first-order valence-electron chi connectivity index (χ1n) is 7.95. The van der Waals surface area contributed by atoms with Gasteiger partial charge in [0.1, 0.15) is 0 Å². The van der Waals surface area contributed by atoms with Crippen LogP contribution in [0.2, 0.25) is 0 Å². The lowest BCUT2D eigenvalue weighted by molar-refractivity contribution is 0.171. The third kappa shape index (κ3) is 2.22. The van der Waals surface area contributed by atoms with Crippen LogP contribution in [0, 0.1) is 29.1 Å². The summed E-state index contributed by atoms with van der Waals surface area (Å²) < 4.78 is 0. The van der Waals surface area contributed by atoms with E-state index in [-0.39, 0.29) is 5.41 Å². The van der Waals surface area contributed by atoms with Crippen LogP contribution in [0.25, 0.3) is 0 Å². The van der Waals surface area contributed by atoms with E-state index in [2.05, 4.69) is 19.2 Å². The second-order valence-corrected chi connectivity index (χ2v) is 7.78. The standard InChI is InChI=1S/C16H29NO/c1-16(2,6-7-18)10-17-15-9-11-8-14(15)13-5-3-4-12(11)13/h11-15,17-18H,3-10H2,1-2H3. The smallest absolute Gasteiger partial charge is 0.0436 e. The quantitative estimate of drug-likeness (QED) is 0.787. The first-order valence-corrected chi connectivity index (χ1v) is 7.95. The molecule has 3 fully saturated rings. The fourth-order valence-electron chi connectivity index (χ4n) is 5.10. The van der Waals surface area contributed by atoms with Gasteiger partial charge in [0.05, 0.1) is 0 Å². The van der Waals surface area contributed by atoms with Gasteiger partial charge in [-0.1, -0.05) is 20.3 Å². The van der Waals surface area contributed by atoms with Crippen LogP contribution < -0.4 is 5.32 Å². The molecule has 0 saturated heterocycles. The second-order valence-electron chi connectivity index (χ2n) is 7.78. The summed E-state index contributed by atoms with van der Waals surface area (Å²) in [7, 11) is 0. The molecule has 0 radical (unpaired) electrons. The van der Waals surface area contributed by atoms with Gasteiger partial charge in [0.15, 0.2) is 0 Å². The van der Waals surface area contributed by atoms with Crippen molar-refractivity contribution in [1.82, 2.24) is 5.32 Å². The average Bonchev–Trinajstić information content (AvgIpc) is 2.98. The Hall–Kier alpha value is -0.0800. The number of hydrogen-bond acceptors (Lipinski definition) is 2. The Morgan fingerprint density at radius 1 is 1.11 bits per heavy atom. The van der Waals surface area contributed by atoms with Gasteiger partial charge in [-0.25, -0.2) is 0 Å². The highest BCUT2D eigenvalue weighted by atomic mass is 16.3. The molecule has 2 heteroatoms. The highest BCUT2D eigenvalue weighted by Gasteiger charge is 2.53. The fourth-order valence-corrected chi connectivity index (χ4v) is 5.10. The van der Waals surface area contributed by atoms with E-state index in [1.807, 2.05) is 0 Å². The highest BCUT2D eigenvalue weighted by molar-refractivity contribution is 5.05. The monoisotopic (exact) mass is 251 g/mol. The van der Waals surface area contributed by atoms with Gasteiger partial charge in [-0.2, -0.15) is 0 Å². The molecule has 0 amide bonds. The molecule has 0 aliphatic heterocycles. The summed E-state index contributed by atoms with van der Waals surface area (Å²) in [6, 6.07) is 0.785. The zero-order valence-corrected chi connectivity index (χ0v) is 12.0. The Bertz CT molecular complexity index is 301. The number of hydrogen-bond donors (Lipinski definition) is 2. The lowest BCUT2D eigenvalue weighted by Gasteiger charge is -2.35. The molecule has 3 saturated carbocycles. The predicted octanol–water partition coefficient (Wildman–Crippen LogP) is 2.81. The Balaban J connectivity index is 1.53. The van der Waals surface area contributed by atoms with Crippen molar-refractivity contribution >= 4 is 0 Å². The van der Waals surface area contributed by atoms with Crippen LogP contribution >= 0.6 is 0 Å². The number of fused-ring (bicyclic) bond motifs is 5. The molecule has 0 aromatic heterocycles. The summed E-state index contributed by atoms with van der Waals surface area (Å²) in [4.78, 5) is 0. The molecule has 0 aromatic rings. The summed E-state index contributed by atoms with van der Waals surface area (Å²) in [5, 5.41) is 12.9. The maximum Gasteiger partial charge on any atom is 0.0436 e. The second kappa shape index (κ2) is 4.79. The van der Waals surface area contributed by atoms with Gasteiger partial charge >= 0.3 is 0 Å². The van der Waals surface area contributed by atoms with Gasteiger partial charge in [0, 0.05) is 19.2 Å². The van der Waals surface area contributed by atoms with Gasteiger partial charge < -0.3 is 10.4 Å². The Morgan fingerprint density at radius 3 is 2.67 bits per heavy atom. The van der Waals surface area contributed by atoms with Crippen LogP contribution in [-0.2, 0) is 0 Å². The minimum atomic E-state index is 0.242. The van der Waals surface area contributed by atoms with Crippen LogP contribution in [0.3, 0.4) is 0 Å². The van der Waals surface area contributed by atoms with Crippen LogP contribution in [0.1, 0.15) is 52.4 Å². The number of aliphatic hydroxyl groups excluding tert-OH is 1.